The summed E-state index contributed by atoms with van der Waals surface area (Å²) in [6, 6.07) is 23.2. The Morgan fingerprint density at radius 3 is 2.30 bits per heavy atom. The van der Waals surface area contributed by atoms with Gasteiger partial charge in [0.05, 0.1) is 18.2 Å². The van der Waals surface area contributed by atoms with E-state index in [2.05, 4.69) is 31.8 Å². The molecule has 0 fully saturated rings. The van der Waals surface area contributed by atoms with Gasteiger partial charge in [0, 0.05) is 11.0 Å². The molecule has 3 rings (SSSR count). The fourth-order valence-electron chi connectivity index (χ4n) is 3.19. The molecule has 9 nitrogen and oxygen atoms in total. The number of rotatable bonds is 12. The van der Waals surface area contributed by atoms with E-state index in [1.54, 1.807) is 48.5 Å². The lowest BCUT2D eigenvalue weighted by Gasteiger charge is -2.21. The monoisotopic (exact) mass is 586 g/mol. The molecule has 0 radical (unpaired) electrons. The first kappa shape index (κ1) is 27.9. The van der Waals surface area contributed by atoms with E-state index in [1.807, 2.05) is 30.3 Å². The summed E-state index contributed by atoms with van der Waals surface area (Å²) >= 11 is 3.30. The molecular weight excluding hydrogens is 560 g/mol. The van der Waals surface area contributed by atoms with Crippen LogP contribution < -0.4 is 19.8 Å². The van der Waals surface area contributed by atoms with Gasteiger partial charge in [0.2, 0.25) is 10.0 Å². The second kappa shape index (κ2) is 13.6. The molecule has 0 atom stereocenters. The Kier molecular flexibility index (Phi) is 10.2. The number of carbonyl (C=O) groups is 2. The van der Waals surface area contributed by atoms with E-state index in [4.69, 9.17) is 4.74 Å². The van der Waals surface area contributed by atoms with Crippen LogP contribution in [0.4, 0.5) is 5.69 Å². The number of hydrazone groups is 1. The van der Waals surface area contributed by atoms with Crippen LogP contribution in [0.2, 0.25) is 0 Å². The van der Waals surface area contributed by atoms with Crippen molar-refractivity contribution in [3.05, 3.63) is 94.5 Å². The molecule has 2 N–H and O–H groups in total. The third-order valence-electron chi connectivity index (χ3n) is 5.03. The molecule has 0 aliphatic rings. The Bertz CT molecular complexity index is 1320. The van der Waals surface area contributed by atoms with Gasteiger partial charge in [-0.2, -0.15) is 5.10 Å². The zero-order valence-corrected chi connectivity index (χ0v) is 22.5. The summed E-state index contributed by atoms with van der Waals surface area (Å²) in [5.41, 5.74) is 4.52. The normalized spacial score (nSPS) is 11.2. The lowest BCUT2D eigenvalue weighted by Crippen LogP contribution is -2.38. The fraction of sp³-hybridized carbons (Fsp3) is 0.192. The minimum Gasteiger partial charge on any atom is -0.484 e. The van der Waals surface area contributed by atoms with Gasteiger partial charge < -0.3 is 10.1 Å². The van der Waals surface area contributed by atoms with Crippen molar-refractivity contribution in [3.8, 4) is 5.75 Å². The molecule has 2 amide bonds. The topological polar surface area (TPSA) is 117 Å². The third-order valence-corrected chi connectivity index (χ3v) is 6.70. The second-order valence-electron chi connectivity index (χ2n) is 7.98. The summed E-state index contributed by atoms with van der Waals surface area (Å²) in [5.74, 6) is -0.295. The highest BCUT2D eigenvalue weighted by atomic mass is 79.9. The van der Waals surface area contributed by atoms with Crippen LogP contribution in [0.15, 0.2) is 88.4 Å². The standard InChI is InChI=1S/C26H27BrN4O5S/c1-37(34,35)31(23-11-9-22(27)10-12-23)18-25(32)30-29-17-21-7-13-24(14-8-21)36-19-26(33)28-16-15-20-5-3-2-4-6-20/h2-14,17H,15-16,18-19H2,1H3,(H,28,33)(H,30,32)/b29-17-. The van der Waals surface area contributed by atoms with E-state index in [1.165, 1.54) is 6.21 Å². The average molecular weight is 587 g/mol. The molecule has 0 saturated heterocycles. The van der Waals surface area contributed by atoms with Crippen LogP contribution in [-0.2, 0) is 26.0 Å². The Hall–Kier alpha value is -3.70. The molecule has 3 aromatic carbocycles. The molecular formula is C26H27BrN4O5S. The van der Waals surface area contributed by atoms with Crippen molar-refractivity contribution in [2.24, 2.45) is 5.10 Å². The second-order valence-corrected chi connectivity index (χ2v) is 10.8. The van der Waals surface area contributed by atoms with Gasteiger partial charge in [-0.15, -0.1) is 0 Å². The zero-order chi connectivity index (χ0) is 26.7. The van der Waals surface area contributed by atoms with Gasteiger partial charge in [-0.25, -0.2) is 13.8 Å². The Morgan fingerprint density at radius 2 is 1.65 bits per heavy atom. The molecule has 11 heteroatoms. The van der Waals surface area contributed by atoms with Crippen LogP contribution in [0.1, 0.15) is 11.1 Å². The Morgan fingerprint density at radius 1 is 0.973 bits per heavy atom. The van der Waals surface area contributed by atoms with Gasteiger partial charge in [-0.3, -0.25) is 13.9 Å². The highest BCUT2D eigenvalue weighted by Crippen LogP contribution is 2.20. The van der Waals surface area contributed by atoms with Gasteiger partial charge in [0.1, 0.15) is 12.3 Å². The molecule has 0 bridgehead atoms. The number of nitrogens with one attached hydrogen (secondary N) is 2. The fourth-order valence-corrected chi connectivity index (χ4v) is 4.31. The molecule has 0 unspecified atom stereocenters. The van der Waals surface area contributed by atoms with Crippen LogP contribution in [0.3, 0.4) is 0 Å². The van der Waals surface area contributed by atoms with E-state index < -0.39 is 22.5 Å². The lowest BCUT2D eigenvalue weighted by molar-refractivity contribution is -0.123. The minimum absolute atomic E-state index is 0.104. The number of benzene rings is 3. The van der Waals surface area contributed by atoms with Crippen LogP contribution in [0.25, 0.3) is 0 Å². The summed E-state index contributed by atoms with van der Waals surface area (Å²) in [7, 11) is -3.67. The number of carbonyl (C=O) groups excluding carboxylic acids is 2. The molecule has 0 aliphatic carbocycles. The van der Waals surface area contributed by atoms with Crippen molar-refractivity contribution in [3.63, 3.8) is 0 Å². The first-order valence-electron chi connectivity index (χ1n) is 11.3. The molecule has 0 aliphatic heterocycles. The summed E-state index contributed by atoms with van der Waals surface area (Å²) in [6.07, 6.45) is 3.19. The zero-order valence-electron chi connectivity index (χ0n) is 20.1. The minimum atomic E-state index is -3.67. The third kappa shape index (κ3) is 9.70. The van der Waals surface area contributed by atoms with E-state index in [9.17, 15) is 18.0 Å². The molecule has 0 aromatic heterocycles. The van der Waals surface area contributed by atoms with Gasteiger partial charge in [-0.1, -0.05) is 46.3 Å². The van der Waals surface area contributed by atoms with Crippen molar-refractivity contribution in [2.75, 3.05) is 30.3 Å². The van der Waals surface area contributed by atoms with E-state index >= 15 is 0 Å². The maximum absolute atomic E-state index is 12.3. The lowest BCUT2D eigenvalue weighted by atomic mass is 10.1. The van der Waals surface area contributed by atoms with Crippen LogP contribution in [-0.4, -0.2) is 52.4 Å². The predicted octanol–water partition coefficient (Wildman–Crippen LogP) is 3.10. The molecule has 3 aromatic rings. The number of anilines is 1. The highest BCUT2D eigenvalue weighted by molar-refractivity contribution is 9.10. The van der Waals surface area contributed by atoms with Crippen molar-refractivity contribution in [2.45, 2.75) is 6.42 Å². The number of halogens is 1. The number of sulfonamides is 1. The number of nitrogens with zero attached hydrogens (tertiary/aromatic N) is 2. The molecule has 0 saturated carbocycles. The van der Waals surface area contributed by atoms with Crippen LogP contribution >= 0.6 is 15.9 Å². The molecule has 0 spiro atoms. The van der Waals surface area contributed by atoms with Crippen LogP contribution in [0, 0.1) is 0 Å². The van der Waals surface area contributed by atoms with Gasteiger partial charge >= 0.3 is 0 Å². The number of hydrogen-bond donors (Lipinski definition) is 2. The van der Waals surface area contributed by atoms with Crippen molar-refractivity contribution < 1.29 is 22.7 Å². The first-order valence-corrected chi connectivity index (χ1v) is 13.9. The predicted molar refractivity (Wildman–Crippen MR) is 147 cm³/mol. The largest absolute Gasteiger partial charge is 0.484 e. The van der Waals surface area contributed by atoms with Gasteiger partial charge in [-0.05, 0) is 66.1 Å². The molecule has 194 valence electrons. The van der Waals surface area contributed by atoms with Crippen molar-refractivity contribution in [1.82, 2.24) is 10.7 Å². The maximum atomic E-state index is 12.3. The first-order chi connectivity index (χ1) is 17.7. The van der Waals surface area contributed by atoms with E-state index in [0.717, 1.165) is 27.0 Å². The average Bonchev–Trinajstić information content (AvgIpc) is 2.87. The number of hydrogen-bond acceptors (Lipinski definition) is 6. The Labute approximate surface area is 224 Å². The number of ether oxygens (including phenoxy) is 1. The Balaban J connectivity index is 1.43. The van der Waals surface area contributed by atoms with E-state index in [0.29, 0.717) is 23.5 Å². The summed E-state index contributed by atoms with van der Waals surface area (Å²) < 4.78 is 31.6. The number of amides is 2. The van der Waals surface area contributed by atoms with Gasteiger partial charge in [0.25, 0.3) is 11.8 Å². The van der Waals surface area contributed by atoms with Crippen molar-refractivity contribution >= 4 is 49.7 Å². The van der Waals surface area contributed by atoms with Crippen LogP contribution in [0.5, 0.6) is 5.75 Å². The highest BCUT2D eigenvalue weighted by Gasteiger charge is 2.20. The maximum Gasteiger partial charge on any atom is 0.260 e. The van der Waals surface area contributed by atoms with Crippen molar-refractivity contribution in [1.29, 1.82) is 0 Å². The summed E-state index contributed by atoms with van der Waals surface area (Å²) in [5, 5.41) is 6.71. The molecule has 37 heavy (non-hydrogen) atoms. The quantitative estimate of drug-likeness (QED) is 0.250. The molecule has 0 heterocycles. The van der Waals surface area contributed by atoms with Gasteiger partial charge in [0.15, 0.2) is 6.61 Å². The summed E-state index contributed by atoms with van der Waals surface area (Å²) in [4.78, 5) is 24.3. The van der Waals surface area contributed by atoms with E-state index in [-0.39, 0.29) is 12.5 Å². The summed E-state index contributed by atoms with van der Waals surface area (Å²) in [6.45, 7) is 0.00386. The smallest absolute Gasteiger partial charge is 0.260 e. The SMILES string of the molecule is CS(=O)(=O)N(CC(=O)N/N=C\c1ccc(OCC(=O)NCCc2ccccc2)cc1)c1ccc(Br)cc1.